The first-order valence-corrected chi connectivity index (χ1v) is 19.6. The molecule has 0 bridgehead atoms. The van der Waals surface area contributed by atoms with E-state index in [1.165, 1.54) is 0 Å². The Balaban J connectivity index is 0.00000104. The molecular weight excluding hydrogens is 811 g/mol. The Morgan fingerprint density at radius 1 is 0.900 bits per heavy atom. The Labute approximate surface area is 348 Å². The fourth-order valence-corrected chi connectivity index (χ4v) is 6.78. The van der Waals surface area contributed by atoms with E-state index < -0.39 is 24.3 Å². The number of halogens is 4. The van der Waals surface area contributed by atoms with E-state index in [1.54, 1.807) is 36.4 Å². The zero-order valence-electron chi connectivity index (χ0n) is 32.9. The van der Waals surface area contributed by atoms with Crippen molar-refractivity contribution >= 4 is 47.1 Å². The number of hydrogen-bond acceptors (Lipinski definition) is 9. The van der Waals surface area contributed by atoms with E-state index in [-0.39, 0.29) is 36.0 Å². The summed E-state index contributed by atoms with van der Waals surface area (Å²) in [6.07, 6.45) is -3.26. The van der Waals surface area contributed by atoms with Crippen molar-refractivity contribution in [3.63, 3.8) is 0 Å². The molecule has 3 aromatic carbocycles. The lowest BCUT2D eigenvalue weighted by atomic mass is 9.81. The van der Waals surface area contributed by atoms with Gasteiger partial charge in [0.2, 0.25) is 17.6 Å². The lowest BCUT2D eigenvalue weighted by Gasteiger charge is -2.29. The summed E-state index contributed by atoms with van der Waals surface area (Å²) in [5, 5.41) is 41.8. The van der Waals surface area contributed by atoms with Crippen LogP contribution in [-0.4, -0.2) is 110 Å². The molecule has 60 heavy (non-hydrogen) atoms. The number of hydrogen-bond donors (Lipinski definition) is 7. The van der Waals surface area contributed by atoms with Gasteiger partial charge < -0.3 is 36.4 Å². The van der Waals surface area contributed by atoms with Gasteiger partial charge in [-0.15, -0.1) is 10.2 Å². The topological polar surface area (TPSA) is 232 Å². The maximum absolute atomic E-state index is 13.7. The number of likely N-dealkylation sites (N-methyl/N-ethyl adjacent to an activating group) is 1. The molecule has 5 rings (SSSR count). The van der Waals surface area contributed by atoms with Crippen molar-refractivity contribution < 1.29 is 47.4 Å². The Kier molecular flexibility index (Phi) is 17.3. The van der Waals surface area contributed by atoms with Gasteiger partial charge in [0.15, 0.2) is 0 Å². The molecule has 1 aromatic heterocycles. The number of nitrogens with one attached hydrogen (secondary N) is 5. The van der Waals surface area contributed by atoms with Gasteiger partial charge in [0.1, 0.15) is 6.04 Å². The highest BCUT2D eigenvalue weighted by atomic mass is 35.5. The zero-order chi connectivity index (χ0) is 43.8. The number of tetrazole rings is 1. The molecule has 1 aliphatic rings. The van der Waals surface area contributed by atoms with Crippen LogP contribution in [-0.2, 0) is 20.8 Å². The number of amides is 4. The van der Waals surface area contributed by atoms with E-state index >= 15 is 0 Å². The Hall–Kier alpha value is -6.08. The number of H-pyrrole nitrogens is 1. The molecule has 0 radical (unpaired) electrons. The molecule has 16 nitrogen and oxygen atoms in total. The van der Waals surface area contributed by atoms with Crippen molar-refractivity contribution in [2.45, 2.75) is 58.2 Å². The predicted molar refractivity (Wildman–Crippen MR) is 216 cm³/mol. The molecule has 1 heterocycles. The van der Waals surface area contributed by atoms with Gasteiger partial charge in [0.25, 0.3) is 5.91 Å². The number of carbonyl (C=O) groups is 5. The molecule has 1 atom stereocenters. The average Bonchev–Trinajstić information content (AvgIpc) is 3.77. The molecule has 0 spiro atoms. The van der Waals surface area contributed by atoms with Crippen molar-refractivity contribution in [3.05, 3.63) is 82.9 Å². The van der Waals surface area contributed by atoms with E-state index in [2.05, 4.69) is 60.6 Å². The van der Waals surface area contributed by atoms with Crippen molar-refractivity contribution in [2.75, 3.05) is 38.0 Å². The van der Waals surface area contributed by atoms with Crippen molar-refractivity contribution in [1.82, 2.24) is 41.5 Å². The second-order valence-electron chi connectivity index (χ2n) is 13.9. The summed E-state index contributed by atoms with van der Waals surface area (Å²) in [5.41, 5.74) is 4.17. The van der Waals surface area contributed by atoms with Crippen LogP contribution in [0.4, 0.5) is 23.7 Å². The second-order valence-corrected chi connectivity index (χ2v) is 14.4. The minimum absolute atomic E-state index is 0.174. The number of nitrogens with zero attached hydrogens (tertiary/aromatic N) is 4. The molecule has 20 heteroatoms. The Bertz CT molecular complexity index is 2040. The molecule has 0 unspecified atom stereocenters. The smallest absolute Gasteiger partial charge is 0.475 e. The molecule has 1 saturated carbocycles. The maximum atomic E-state index is 13.7. The Morgan fingerprint density at radius 3 is 2.08 bits per heavy atom. The van der Waals surface area contributed by atoms with Crippen molar-refractivity contribution in [3.8, 4) is 22.5 Å². The van der Waals surface area contributed by atoms with E-state index in [4.69, 9.17) is 26.6 Å². The first kappa shape index (κ1) is 46.6. The third kappa shape index (κ3) is 14.3. The summed E-state index contributed by atoms with van der Waals surface area (Å²) in [4.78, 5) is 62.0. The highest BCUT2D eigenvalue weighted by Crippen LogP contribution is 2.31. The van der Waals surface area contributed by atoms with E-state index in [0.717, 1.165) is 41.9 Å². The van der Waals surface area contributed by atoms with Gasteiger partial charge >= 0.3 is 18.2 Å². The summed E-state index contributed by atoms with van der Waals surface area (Å²) < 4.78 is 31.7. The van der Waals surface area contributed by atoms with Crippen LogP contribution in [0.3, 0.4) is 0 Å². The zero-order valence-corrected chi connectivity index (χ0v) is 33.6. The first-order chi connectivity index (χ1) is 28.6. The van der Waals surface area contributed by atoms with Crippen molar-refractivity contribution in [2.24, 2.45) is 11.8 Å². The minimum atomic E-state index is -5.08. The molecule has 7 N–H and O–H groups in total. The monoisotopic (exact) mass is 857 g/mol. The number of alkyl halides is 3. The number of anilines is 1. The third-order valence-corrected chi connectivity index (χ3v) is 10.2. The molecule has 0 aliphatic heterocycles. The number of aliphatic carboxylic acids is 1. The van der Waals surface area contributed by atoms with Gasteiger partial charge in [-0.25, -0.2) is 9.59 Å². The number of carboxylic acids is 1. The number of aromatic nitrogens is 4. The minimum Gasteiger partial charge on any atom is -0.475 e. The van der Waals surface area contributed by atoms with Crippen LogP contribution in [0.25, 0.3) is 22.5 Å². The van der Waals surface area contributed by atoms with Gasteiger partial charge in [-0.3, -0.25) is 14.4 Å². The van der Waals surface area contributed by atoms with Crippen molar-refractivity contribution in [1.29, 1.82) is 0 Å². The van der Waals surface area contributed by atoms with Crippen LogP contribution in [0.15, 0.2) is 66.7 Å². The fraction of sp³-hybridized carbons (Fsp3) is 0.400. The highest BCUT2D eigenvalue weighted by Gasteiger charge is 2.38. The summed E-state index contributed by atoms with van der Waals surface area (Å²) >= 11 is 6.66. The SMILES string of the molecule is CCN(CC)CCNC(=O)c1ccc(-c2ccc(C[C@H](NC(=O)C3CCC(CNC(=O)O)CC3)C(=O)Nc3ccc(-c4nn[nH]n4)cc3)cc2)c(Cl)c1.O=C(O)C(F)(F)F. The first-order valence-electron chi connectivity index (χ1n) is 19.2. The fourth-order valence-electron chi connectivity index (χ4n) is 6.49. The van der Waals surface area contributed by atoms with Gasteiger partial charge in [-0.05, 0) is 97.4 Å². The van der Waals surface area contributed by atoms with Gasteiger partial charge in [-0.1, -0.05) is 55.8 Å². The predicted octanol–water partition coefficient (Wildman–Crippen LogP) is 5.63. The quantitative estimate of drug-likeness (QED) is 0.0730. The highest BCUT2D eigenvalue weighted by molar-refractivity contribution is 6.33. The molecule has 0 saturated heterocycles. The number of carbonyl (C=O) groups excluding carboxylic acids is 3. The van der Waals surface area contributed by atoms with Gasteiger partial charge in [0, 0.05) is 59.4 Å². The summed E-state index contributed by atoms with van der Waals surface area (Å²) in [7, 11) is 0. The van der Waals surface area contributed by atoms with Crippen LogP contribution < -0.4 is 21.3 Å². The molecule has 4 aromatic rings. The van der Waals surface area contributed by atoms with Gasteiger partial charge in [-0.2, -0.15) is 18.4 Å². The van der Waals surface area contributed by atoms with E-state index in [0.29, 0.717) is 60.9 Å². The van der Waals surface area contributed by atoms with Crippen LogP contribution in [0.5, 0.6) is 0 Å². The molecule has 1 fully saturated rings. The standard InChI is InChI=1S/C38H46ClN9O5.C2HF3O2/c1-3-48(4-2)20-19-40-35(49)29-15-18-31(32(39)22-29)26-9-5-24(6-10-26)21-33(43-36(50)28-11-7-25(8-12-28)23-41-38(52)53)37(51)42-30-16-13-27(14-17-30)34-44-46-47-45-34;3-2(4,5)1(6)7/h5-6,9-10,13-18,22,25,28,33,41H,3-4,7-8,11-12,19-21,23H2,1-2H3,(H,40,49)(H,42,51)(H,43,50)(H,52,53)(H,44,45,46,47);(H,6,7)/t25?,28?,33-;/m0./s1. The van der Waals surface area contributed by atoms with Gasteiger partial charge in [0.05, 0.1) is 0 Å². The summed E-state index contributed by atoms with van der Waals surface area (Å²) in [6, 6.07) is 19.0. The molecule has 322 valence electrons. The number of carboxylic acid groups (broad SMARTS) is 2. The lowest BCUT2D eigenvalue weighted by Crippen LogP contribution is -2.48. The number of aromatic amines is 1. The Morgan fingerprint density at radius 2 is 1.53 bits per heavy atom. The van der Waals surface area contributed by atoms with Crippen LogP contribution >= 0.6 is 11.6 Å². The maximum Gasteiger partial charge on any atom is 0.490 e. The average molecular weight is 858 g/mol. The van der Waals surface area contributed by atoms with E-state index in [1.807, 2.05) is 30.3 Å². The molecule has 1 aliphatic carbocycles. The molecule has 4 amide bonds. The second kappa shape index (κ2) is 22.3. The third-order valence-electron chi connectivity index (χ3n) is 9.94. The summed E-state index contributed by atoms with van der Waals surface area (Å²) in [5.74, 6) is -3.20. The lowest BCUT2D eigenvalue weighted by molar-refractivity contribution is -0.192. The van der Waals surface area contributed by atoms with E-state index in [9.17, 15) is 32.3 Å². The largest absolute Gasteiger partial charge is 0.490 e. The normalized spacial score (nSPS) is 15.5. The van der Waals surface area contributed by atoms with Crippen LogP contribution in [0.1, 0.15) is 55.5 Å². The summed E-state index contributed by atoms with van der Waals surface area (Å²) in [6.45, 7) is 7.70. The van der Waals surface area contributed by atoms with Crippen LogP contribution in [0, 0.1) is 11.8 Å². The number of benzene rings is 3. The molecular formula is C40H47ClF3N9O7. The number of rotatable bonds is 16. The van der Waals surface area contributed by atoms with Crippen LogP contribution in [0.2, 0.25) is 5.02 Å².